The molecule has 3 rings (SSSR count). The van der Waals surface area contributed by atoms with Crippen LogP contribution in [0.4, 0.5) is 13.2 Å². The van der Waals surface area contributed by atoms with Crippen LogP contribution in [0.3, 0.4) is 0 Å². The Labute approximate surface area is 150 Å². The predicted molar refractivity (Wildman–Crippen MR) is 89.8 cm³/mol. The molecule has 0 atom stereocenters. The fraction of sp³-hybridized carbons (Fsp3) is 0.500. The maximum atomic E-state index is 14.2. The first-order valence-electron chi connectivity index (χ1n) is 8.49. The Hall–Kier alpha value is -2.06. The second-order valence-corrected chi connectivity index (χ2v) is 6.36. The highest BCUT2D eigenvalue weighted by atomic mass is 19.3. The SMILES string of the molecule is COc1ccc(C2(NCc3cnn(CC(F)F)c3)CCOCC2)cc1F. The molecule has 0 unspecified atom stereocenters. The van der Waals surface area contributed by atoms with E-state index in [1.54, 1.807) is 18.5 Å². The molecule has 1 aromatic heterocycles. The lowest BCUT2D eigenvalue weighted by Gasteiger charge is -2.39. The molecule has 1 aromatic carbocycles. The van der Waals surface area contributed by atoms with Gasteiger partial charge in [-0.1, -0.05) is 6.07 Å². The van der Waals surface area contributed by atoms with Crippen LogP contribution in [-0.2, 0) is 23.4 Å². The third-order valence-corrected chi connectivity index (χ3v) is 4.69. The van der Waals surface area contributed by atoms with Crippen molar-refractivity contribution in [3.8, 4) is 5.75 Å². The normalized spacial score (nSPS) is 16.8. The molecule has 0 radical (unpaired) electrons. The lowest BCUT2D eigenvalue weighted by molar-refractivity contribution is 0.0356. The molecule has 0 bridgehead atoms. The molecule has 1 saturated heterocycles. The minimum absolute atomic E-state index is 0.198. The molecule has 1 N–H and O–H groups in total. The summed E-state index contributed by atoms with van der Waals surface area (Å²) in [5.74, 6) is -0.216. The van der Waals surface area contributed by atoms with Gasteiger partial charge in [0.05, 0.1) is 13.3 Å². The molecule has 0 saturated carbocycles. The van der Waals surface area contributed by atoms with Crippen molar-refractivity contribution in [2.24, 2.45) is 0 Å². The first kappa shape index (κ1) is 18.7. The number of benzene rings is 1. The second kappa shape index (κ2) is 8.09. The van der Waals surface area contributed by atoms with Crippen LogP contribution in [0.15, 0.2) is 30.6 Å². The van der Waals surface area contributed by atoms with Crippen LogP contribution in [0.1, 0.15) is 24.0 Å². The largest absolute Gasteiger partial charge is 0.494 e. The van der Waals surface area contributed by atoms with Crippen LogP contribution in [0.5, 0.6) is 5.75 Å². The van der Waals surface area contributed by atoms with Gasteiger partial charge in [0.2, 0.25) is 0 Å². The zero-order chi connectivity index (χ0) is 18.6. The van der Waals surface area contributed by atoms with Gasteiger partial charge in [0.25, 0.3) is 6.43 Å². The van der Waals surface area contributed by atoms with E-state index in [1.165, 1.54) is 17.9 Å². The molecule has 142 valence electrons. The standard InChI is InChI=1S/C18H22F3N3O2/c1-25-16-3-2-14(8-15(16)19)18(4-6-26-7-5-18)22-9-13-10-23-24(11-13)12-17(20)21/h2-3,8,10-11,17,22H,4-7,9,12H2,1H3. The van der Waals surface area contributed by atoms with Crippen molar-refractivity contribution in [3.63, 3.8) is 0 Å². The van der Waals surface area contributed by atoms with Gasteiger partial charge in [0, 0.05) is 37.1 Å². The van der Waals surface area contributed by atoms with Gasteiger partial charge in [-0.25, -0.2) is 13.2 Å². The molecular weight excluding hydrogens is 347 g/mol. The topological polar surface area (TPSA) is 48.3 Å². The Morgan fingerprint density at radius 2 is 2.12 bits per heavy atom. The summed E-state index contributed by atoms with van der Waals surface area (Å²) in [7, 11) is 1.43. The Kier molecular flexibility index (Phi) is 5.83. The van der Waals surface area contributed by atoms with Crippen LogP contribution in [0.2, 0.25) is 0 Å². The maximum Gasteiger partial charge on any atom is 0.257 e. The van der Waals surface area contributed by atoms with Crippen molar-refractivity contribution in [1.82, 2.24) is 15.1 Å². The van der Waals surface area contributed by atoms with Crippen LogP contribution >= 0.6 is 0 Å². The first-order valence-corrected chi connectivity index (χ1v) is 8.49. The Bertz CT molecular complexity index is 730. The van der Waals surface area contributed by atoms with Gasteiger partial charge in [-0.2, -0.15) is 5.10 Å². The Morgan fingerprint density at radius 3 is 2.77 bits per heavy atom. The van der Waals surface area contributed by atoms with E-state index in [2.05, 4.69) is 10.4 Å². The minimum Gasteiger partial charge on any atom is -0.494 e. The number of nitrogens with zero attached hydrogens (tertiary/aromatic N) is 2. The number of hydrogen-bond donors (Lipinski definition) is 1. The van der Waals surface area contributed by atoms with Gasteiger partial charge >= 0.3 is 0 Å². The minimum atomic E-state index is -2.44. The maximum absolute atomic E-state index is 14.2. The van der Waals surface area contributed by atoms with E-state index in [-0.39, 0.29) is 5.75 Å². The van der Waals surface area contributed by atoms with E-state index < -0.39 is 24.3 Å². The average molecular weight is 369 g/mol. The van der Waals surface area contributed by atoms with E-state index in [9.17, 15) is 13.2 Å². The van der Waals surface area contributed by atoms with Crippen molar-refractivity contribution >= 4 is 0 Å². The number of halogens is 3. The number of rotatable bonds is 7. The summed E-state index contributed by atoms with van der Waals surface area (Å²) in [4.78, 5) is 0. The molecule has 0 spiro atoms. The number of aromatic nitrogens is 2. The smallest absolute Gasteiger partial charge is 0.257 e. The Balaban J connectivity index is 1.77. The highest BCUT2D eigenvalue weighted by Gasteiger charge is 2.34. The van der Waals surface area contributed by atoms with Crippen LogP contribution in [0.25, 0.3) is 0 Å². The average Bonchev–Trinajstić information content (AvgIpc) is 3.07. The summed E-state index contributed by atoms with van der Waals surface area (Å²) in [6.07, 6.45) is 2.09. The third-order valence-electron chi connectivity index (χ3n) is 4.69. The molecule has 0 aliphatic carbocycles. The number of nitrogens with one attached hydrogen (secondary N) is 1. The molecule has 1 fully saturated rings. The lowest BCUT2D eigenvalue weighted by atomic mass is 9.82. The summed E-state index contributed by atoms with van der Waals surface area (Å²) >= 11 is 0. The van der Waals surface area contributed by atoms with Gasteiger partial charge in [-0.3, -0.25) is 4.68 Å². The summed E-state index contributed by atoms with van der Waals surface area (Å²) in [6.45, 7) is 1.14. The number of ether oxygens (including phenoxy) is 2. The predicted octanol–water partition coefficient (Wildman–Crippen LogP) is 3.09. The van der Waals surface area contributed by atoms with Crippen molar-refractivity contribution < 1.29 is 22.6 Å². The summed E-state index contributed by atoms with van der Waals surface area (Å²) < 4.78 is 50.8. The van der Waals surface area contributed by atoms with E-state index >= 15 is 0 Å². The van der Waals surface area contributed by atoms with Gasteiger partial charge in [0.15, 0.2) is 11.6 Å². The first-order chi connectivity index (χ1) is 12.5. The van der Waals surface area contributed by atoms with Gasteiger partial charge in [-0.05, 0) is 30.5 Å². The number of alkyl halides is 2. The molecular formula is C18H22F3N3O2. The van der Waals surface area contributed by atoms with Crippen LogP contribution in [0, 0.1) is 5.82 Å². The summed E-state index contributed by atoms with van der Waals surface area (Å²) in [6, 6.07) is 4.95. The van der Waals surface area contributed by atoms with Crippen LogP contribution < -0.4 is 10.1 Å². The second-order valence-electron chi connectivity index (χ2n) is 6.36. The molecule has 1 aliphatic heterocycles. The van der Waals surface area contributed by atoms with Crippen LogP contribution in [-0.4, -0.2) is 36.5 Å². The molecule has 5 nitrogen and oxygen atoms in total. The number of hydrogen-bond acceptors (Lipinski definition) is 4. The fourth-order valence-electron chi connectivity index (χ4n) is 3.26. The van der Waals surface area contributed by atoms with Gasteiger partial charge < -0.3 is 14.8 Å². The fourth-order valence-corrected chi connectivity index (χ4v) is 3.26. The number of methoxy groups -OCH3 is 1. The van der Waals surface area contributed by atoms with Crippen molar-refractivity contribution in [2.75, 3.05) is 20.3 Å². The van der Waals surface area contributed by atoms with E-state index in [4.69, 9.17) is 9.47 Å². The quantitative estimate of drug-likeness (QED) is 0.815. The molecule has 0 amide bonds. The molecule has 26 heavy (non-hydrogen) atoms. The molecule has 2 aromatic rings. The molecule has 8 heteroatoms. The zero-order valence-corrected chi connectivity index (χ0v) is 14.6. The van der Waals surface area contributed by atoms with E-state index in [1.807, 2.05) is 6.07 Å². The van der Waals surface area contributed by atoms with Crippen molar-refractivity contribution in [2.45, 2.75) is 37.9 Å². The Morgan fingerprint density at radius 1 is 1.35 bits per heavy atom. The zero-order valence-electron chi connectivity index (χ0n) is 14.6. The van der Waals surface area contributed by atoms with E-state index in [0.717, 1.165) is 11.1 Å². The summed E-state index contributed by atoms with van der Waals surface area (Å²) in [5, 5.41) is 7.42. The van der Waals surface area contributed by atoms with Crippen molar-refractivity contribution in [1.29, 1.82) is 0 Å². The van der Waals surface area contributed by atoms with Gasteiger partial charge in [-0.15, -0.1) is 0 Å². The highest BCUT2D eigenvalue weighted by Crippen LogP contribution is 2.34. The summed E-state index contributed by atoms with van der Waals surface area (Å²) in [5.41, 5.74) is 1.17. The van der Waals surface area contributed by atoms with Gasteiger partial charge in [0.1, 0.15) is 6.54 Å². The third kappa shape index (κ3) is 4.19. The monoisotopic (exact) mass is 369 g/mol. The van der Waals surface area contributed by atoms with E-state index in [0.29, 0.717) is 32.6 Å². The lowest BCUT2D eigenvalue weighted by Crippen LogP contribution is -2.46. The van der Waals surface area contributed by atoms with Crippen molar-refractivity contribution in [3.05, 3.63) is 47.5 Å². The molecule has 2 heterocycles. The highest BCUT2D eigenvalue weighted by molar-refractivity contribution is 5.34. The molecule has 1 aliphatic rings.